The van der Waals surface area contributed by atoms with Gasteiger partial charge in [0.15, 0.2) is 0 Å². The molecule has 1 saturated heterocycles. The van der Waals surface area contributed by atoms with Crippen molar-refractivity contribution in [3.8, 4) is 0 Å². The summed E-state index contributed by atoms with van der Waals surface area (Å²) >= 11 is 3.34. The molecule has 5 nitrogen and oxygen atoms in total. The van der Waals surface area contributed by atoms with E-state index < -0.39 is 5.91 Å². The maximum absolute atomic E-state index is 11.4. The van der Waals surface area contributed by atoms with E-state index in [1.807, 2.05) is 12.1 Å². The van der Waals surface area contributed by atoms with Gasteiger partial charge in [0, 0.05) is 23.3 Å². The molecule has 0 spiro atoms. The van der Waals surface area contributed by atoms with Crippen LogP contribution in [-0.4, -0.2) is 38.3 Å². The number of amides is 1. The number of benzene rings is 1. The number of hydrogen-bond donors (Lipinski definition) is 3. The molecule has 0 unspecified atom stereocenters. The molecule has 6 heteroatoms. The Morgan fingerprint density at radius 2 is 2.19 bits per heavy atom. The first-order chi connectivity index (χ1) is 10.2. The van der Waals surface area contributed by atoms with E-state index in [1.165, 1.54) is 0 Å². The van der Waals surface area contributed by atoms with Gasteiger partial charge in [0.2, 0.25) is 0 Å². The van der Waals surface area contributed by atoms with E-state index in [0.29, 0.717) is 11.7 Å². The number of carbonyl (C=O) groups is 1. The largest absolute Gasteiger partial charge is 0.384 e. The number of nitrogens with two attached hydrogens (primary N) is 1. The van der Waals surface area contributed by atoms with E-state index in [4.69, 9.17) is 10.5 Å². The van der Waals surface area contributed by atoms with Crippen molar-refractivity contribution in [3.05, 3.63) is 28.2 Å². The van der Waals surface area contributed by atoms with Crippen LogP contribution in [0, 0.1) is 0 Å². The molecule has 1 heterocycles. The lowest BCUT2D eigenvalue weighted by atomic mass is 10.1. The van der Waals surface area contributed by atoms with Crippen molar-refractivity contribution in [2.75, 3.05) is 31.6 Å². The number of carbonyl (C=O) groups excluding carboxylic acids is 1. The van der Waals surface area contributed by atoms with Crippen LogP contribution in [-0.2, 0) is 4.74 Å². The summed E-state index contributed by atoms with van der Waals surface area (Å²) in [5, 5.41) is 6.56. The van der Waals surface area contributed by atoms with Crippen molar-refractivity contribution in [1.82, 2.24) is 5.32 Å². The number of anilines is 1. The van der Waals surface area contributed by atoms with Crippen molar-refractivity contribution >= 4 is 27.5 Å². The van der Waals surface area contributed by atoms with Gasteiger partial charge in [-0.3, -0.25) is 4.79 Å². The molecule has 1 fully saturated rings. The second-order valence-electron chi connectivity index (χ2n) is 5.15. The summed E-state index contributed by atoms with van der Waals surface area (Å²) in [5.74, 6) is -0.426. The first-order valence-electron chi connectivity index (χ1n) is 7.32. The molecule has 4 N–H and O–H groups in total. The predicted molar refractivity (Wildman–Crippen MR) is 87.6 cm³/mol. The summed E-state index contributed by atoms with van der Waals surface area (Å²) in [4.78, 5) is 11.4. The first kappa shape index (κ1) is 16.3. The minimum atomic E-state index is -0.426. The van der Waals surface area contributed by atoms with Crippen LogP contribution in [0.4, 0.5) is 5.69 Å². The lowest BCUT2D eigenvalue weighted by Crippen LogP contribution is -2.32. The van der Waals surface area contributed by atoms with Crippen LogP contribution >= 0.6 is 15.9 Å². The second kappa shape index (κ2) is 8.36. The summed E-state index contributed by atoms with van der Waals surface area (Å²) in [6.45, 7) is 3.58. The van der Waals surface area contributed by atoms with Crippen LogP contribution in [0.15, 0.2) is 22.7 Å². The number of nitrogens with one attached hydrogen (secondary N) is 2. The number of primary amides is 1. The molecule has 0 aliphatic carbocycles. The van der Waals surface area contributed by atoms with Crippen LogP contribution in [0.2, 0.25) is 0 Å². The number of halogens is 1. The van der Waals surface area contributed by atoms with E-state index in [1.54, 1.807) is 6.07 Å². The molecule has 0 radical (unpaired) electrons. The lowest BCUT2D eigenvalue weighted by Gasteiger charge is -2.23. The maximum Gasteiger partial charge on any atom is 0.250 e. The van der Waals surface area contributed by atoms with Gasteiger partial charge in [0.05, 0.1) is 11.7 Å². The molecule has 2 rings (SSSR count). The average Bonchev–Trinajstić information content (AvgIpc) is 2.49. The maximum atomic E-state index is 11.4. The van der Waals surface area contributed by atoms with Gasteiger partial charge < -0.3 is 21.1 Å². The topological polar surface area (TPSA) is 76.4 Å². The van der Waals surface area contributed by atoms with Crippen LogP contribution in [0.1, 0.15) is 29.6 Å². The second-order valence-corrected chi connectivity index (χ2v) is 6.07. The Bertz CT molecular complexity index is 476. The third kappa shape index (κ3) is 5.30. The van der Waals surface area contributed by atoms with Crippen molar-refractivity contribution in [2.24, 2.45) is 5.73 Å². The number of piperidine rings is 1. The molecule has 1 aromatic rings. The molecule has 0 aromatic heterocycles. The summed E-state index contributed by atoms with van der Waals surface area (Å²) in [5.41, 5.74) is 6.66. The van der Waals surface area contributed by atoms with Gasteiger partial charge >= 0.3 is 0 Å². The highest BCUT2D eigenvalue weighted by atomic mass is 79.9. The number of ether oxygens (including phenoxy) is 1. The molecule has 0 atom stereocenters. The van der Waals surface area contributed by atoms with E-state index in [2.05, 4.69) is 26.6 Å². The SMILES string of the molecule is NC(=O)c1cc(Br)ccc1NCCCOC1CCNCC1. The van der Waals surface area contributed by atoms with E-state index in [0.717, 1.165) is 55.7 Å². The Hall–Kier alpha value is -1.11. The predicted octanol–water partition coefficient (Wildman–Crippen LogP) is 2.12. The minimum absolute atomic E-state index is 0.389. The summed E-state index contributed by atoms with van der Waals surface area (Å²) in [6, 6.07) is 5.48. The molecule has 1 aliphatic rings. The zero-order valence-electron chi connectivity index (χ0n) is 12.0. The highest BCUT2D eigenvalue weighted by Gasteiger charge is 2.12. The van der Waals surface area contributed by atoms with E-state index >= 15 is 0 Å². The number of hydrogen-bond acceptors (Lipinski definition) is 4. The Morgan fingerprint density at radius 3 is 2.90 bits per heavy atom. The van der Waals surface area contributed by atoms with Crippen molar-refractivity contribution < 1.29 is 9.53 Å². The van der Waals surface area contributed by atoms with E-state index in [-0.39, 0.29) is 0 Å². The molecule has 21 heavy (non-hydrogen) atoms. The normalized spacial score (nSPS) is 15.9. The highest BCUT2D eigenvalue weighted by molar-refractivity contribution is 9.10. The van der Waals surface area contributed by atoms with Crippen molar-refractivity contribution in [3.63, 3.8) is 0 Å². The van der Waals surface area contributed by atoms with E-state index in [9.17, 15) is 4.79 Å². The molecule has 1 aromatic carbocycles. The van der Waals surface area contributed by atoms with Crippen molar-refractivity contribution in [2.45, 2.75) is 25.4 Å². The average molecular weight is 356 g/mol. The van der Waals surface area contributed by atoms with Crippen LogP contribution in [0.25, 0.3) is 0 Å². The van der Waals surface area contributed by atoms with Crippen LogP contribution in [0.5, 0.6) is 0 Å². The van der Waals surface area contributed by atoms with Gasteiger partial charge in [0.1, 0.15) is 0 Å². The summed E-state index contributed by atoms with van der Waals surface area (Å²) < 4.78 is 6.68. The van der Waals surface area contributed by atoms with Gasteiger partial charge in [-0.15, -0.1) is 0 Å². The zero-order valence-corrected chi connectivity index (χ0v) is 13.6. The van der Waals surface area contributed by atoms with Gasteiger partial charge in [0.25, 0.3) is 5.91 Å². The van der Waals surface area contributed by atoms with Gasteiger partial charge in [-0.25, -0.2) is 0 Å². The Balaban J connectivity index is 1.72. The lowest BCUT2D eigenvalue weighted by molar-refractivity contribution is 0.0329. The van der Waals surface area contributed by atoms with Crippen molar-refractivity contribution in [1.29, 1.82) is 0 Å². The third-order valence-corrected chi connectivity index (χ3v) is 4.02. The number of rotatable bonds is 7. The Morgan fingerprint density at radius 1 is 1.43 bits per heavy atom. The monoisotopic (exact) mass is 355 g/mol. The van der Waals surface area contributed by atoms with Gasteiger partial charge in [-0.1, -0.05) is 15.9 Å². The van der Waals surface area contributed by atoms with Crippen LogP contribution in [0.3, 0.4) is 0 Å². The summed E-state index contributed by atoms with van der Waals surface area (Å²) in [7, 11) is 0. The quantitative estimate of drug-likeness (QED) is 0.654. The Kier molecular flexibility index (Phi) is 6.48. The molecule has 1 aliphatic heterocycles. The molecule has 116 valence electrons. The molecular weight excluding hydrogens is 334 g/mol. The highest BCUT2D eigenvalue weighted by Crippen LogP contribution is 2.20. The van der Waals surface area contributed by atoms with Gasteiger partial charge in [-0.05, 0) is 50.6 Å². The Labute approximate surface area is 133 Å². The zero-order chi connectivity index (χ0) is 15.1. The molecule has 0 bridgehead atoms. The molecular formula is C15H22BrN3O2. The third-order valence-electron chi connectivity index (χ3n) is 3.52. The molecule has 1 amide bonds. The fourth-order valence-corrected chi connectivity index (χ4v) is 2.74. The fraction of sp³-hybridized carbons (Fsp3) is 0.533. The summed E-state index contributed by atoms with van der Waals surface area (Å²) in [6.07, 6.45) is 3.47. The van der Waals surface area contributed by atoms with Crippen LogP contribution < -0.4 is 16.4 Å². The fourth-order valence-electron chi connectivity index (χ4n) is 2.38. The smallest absolute Gasteiger partial charge is 0.250 e. The molecule has 0 saturated carbocycles. The van der Waals surface area contributed by atoms with Gasteiger partial charge in [-0.2, -0.15) is 0 Å². The minimum Gasteiger partial charge on any atom is -0.384 e. The standard InChI is InChI=1S/C15H22BrN3O2/c16-11-2-3-14(13(10-11)15(17)20)19-6-1-9-21-12-4-7-18-8-5-12/h2-3,10,12,18-19H,1,4-9H2,(H2,17,20). The first-order valence-corrected chi connectivity index (χ1v) is 8.11.